The molecule has 0 spiro atoms. The van der Waals surface area contributed by atoms with Crippen LogP contribution in [0.3, 0.4) is 0 Å². The first-order valence-electron chi connectivity index (χ1n) is 11.3. The van der Waals surface area contributed by atoms with Gasteiger partial charge in [-0.15, -0.1) is 0 Å². The van der Waals surface area contributed by atoms with Gasteiger partial charge in [0.05, 0.1) is 22.7 Å². The monoisotopic (exact) mass is 513 g/mol. The molecule has 0 unspecified atom stereocenters. The molecule has 0 amide bonds. The molecule has 0 saturated carbocycles. The molecule has 10 heteroatoms. The van der Waals surface area contributed by atoms with Gasteiger partial charge in [-0.2, -0.15) is 28.2 Å². The Kier molecular flexibility index (Phi) is 7.60. The maximum absolute atomic E-state index is 13.3. The Morgan fingerprint density at radius 3 is 2.27 bits per heavy atom. The van der Waals surface area contributed by atoms with Gasteiger partial charge in [-0.1, -0.05) is 36.4 Å². The molecule has 0 fully saturated rings. The number of nitriles is 1. The average Bonchev–Trinajstić information content (AvgIpc) is 2.82. The van der Waals surface area contributed by atoms with Gasteiger partial charge in [0.2, 0.25) is 0 Å². The van der Waals surface area contributed by atoms with Crippen LogP contribution in [-0.4, -0.2) is 33.5 Å². The topological polar surface area (TPSA) is 105 Å². The number of para-hydroxylation sites is 2. The molecule has 0 atom stereocenters. The zero-order valence-electron chi connectivity index (χ0n) is 20.8. The van der Waals surface area contributed by atoms with E-state index in [1.165, 1.54) is 44.2 Å². The number of rotatable bonds is 8. The molecule has 37 heavy (non-hydrogen) atoms. The minimum Gasteiger partial charge on any atom is -0.482 e. The summed E-state index contributed by atoms with van der Waals surface area (Å²) < 4.78 is 43.9. The number of ether oxygens (including phenoxy) is 1. The van der Waals surface area contributed by atoms with Crippen molar-refractivity contribution in [2.75, 3.05) is 6.61 Å². The first-order chi connectivity index (χ1) is 17.1. The van der Waals surface area contributed by atoms with Crippen LogP contribution in [0.25, 0.3) is 5.69 Å². The van der Waals surface area contributed by atoms with E-state index in [0.717, 1.165) is 10.2 Å². The minimum absolute atomic E-state index is 0.0350. The van der Waals surface area contributed by atoms with E-state index in [1.54, 1.807) is 38.1 Å². The second-order valence-electron chi connectivity index (χ2n) is 9.62. The lowest BCUT2D eigenvalue weighted by atomic mass is 9.85. The summed E-state index contributed by atoms with van der Waals surface area (Å²) in [4.78, 5) is 26.6. The quantitative estimate of drug-likeness (QED) is 0.441. The van der Waals surface area contributed by atoms with Crippen molar-refractivity contribution >= 4 is 5.78 Å². The third-order valence-electron chi connectivity index (χ3n) is 5.64. The highest BCUT2D eigenvalue weighted by Crippen LogP contribution is 2.26. The van der Waals surface area contributed by atoms with E-state index in [2.05, 4.69) is 11.2 Å². The summed E-state index contributed by atoms with van der Waals surface area (Å²) in [6.07, 6.45) is -4.77. The SMILES string of the molecule is CC(C)(O)c1cc(C(=O)Cc2ccc(C(C)(C)C#N)cc2)c(=O)n(-c2ccccc2OCC(F)(F)F)n1. The summed E-state index contributed by atoms with van der Waals surface area (Å²) in [6.45, 7) is 4.75. The van der Waals surface area contributed by atoms with Gasteiger partial charge in [0.15, 0.2) is 12.4 Å². The van der Waals surface area contributed by atoms with Crippen LogP contribution in [0.2, 0.25) is 0 Å². The number of carbonyl (C=O) groups is 1. The number of alkyl halides is 3. The molecule has 0 bridgehead atoms. The van der Waals surface area contributed by atoms with Crippen LogP contribution in [0.1, 0.15) is 54.9 Å². The number of carbonyl (C=O) groups excluding carboxylic acids is 1. The molecule has 194 valence electrons. The van der Waals surface area contributed by atoms with E-state index in [9.17, 15) is 33.1 Å². The molecule has 1 heterocycles. The number of hydrogen-bond donors (Lipinski definition) is 1. The van der Waals surface area contributed by atoms with Gasteiger partial charge in [0, 0.05) is 6.42 Å². The fourth-order valence-electron chi connectivity index (χ4n) is 3.45. The summed E-state index contributed by atoms with van der Waals surface area (Å²) in [6, 6.07) is 15.7. The fraction of sp³-hybridized carbons (Fsp3) is 0.333. The number of nitrogens with zero attached hydrogens (tertiary/aromatic N) is 3. The van der Waals surface area contributed by atoms with E-state index in [4.69, 9.17) is 4.74 Å². The second kappa shape index (κ2) is 10.2. The highest BCUT2D eigenvalue weighted by atomic mass is 19.4. The predicted molar refractivity (Wildman–Crippen MR) is 130 cm³/mol. The zero-order chi connectivity index (χ0) is 27.6. The van der Waals surface area contributed by atoms with Crippen molar-refractivity contribution < 1.29 is 27.8 Å². The summed E-state index contributed by atoms with van der Waals surface area (Å²) in [7, 11) is 0. The molecule has 0 aliphatic rings. The molecule has 3 rings (SSSR count). The Balaban J connectivity index is 2.06. The molecular weight excluding hydrogens is 487 g/mol. The molecule has 3 aromatic rings. The van der Waals surface area contributed by atoms with Crippen molar-refractivity contribution in [2.24, 2.45) is 0 Å². The average molecular weight is 514 g/mol. The Bertz CT molecular complexity index is 1400. The third kappa shape index (κ3) is 6.62. The molecule has 0 radical (unpaired) electrons. The Morgan fingerprint density at radius 1 is 1.08 bits per heavy atom. The van der Waals surface area contributed by atoms with Crippen molar-refractivity contribution in [1.29, 1.82) is 5.26 Å². The standard InChI is InChI=1S/C27H26F3N3O4/c1-25(2,15-31)18-11-9-17(10-12-18)13-21(34)19-14-23(26(3,4)36)32-33(24(19)35)20-7-5-6-8-22(20)37-16-27(28,29)30/h5-12,14,36H,13,16H2,1-4H3. The predicted octanol–water partition coefficient (Wildman–Crippen LogP) is 4.63. The number of aromatic nitrogens is 2. The molecule has 7 nitrogen and oxygen atoms in total. The lowest BCUT2D eigenvalue weighted by Crippen LogP contribution is -2.33. The maximum atomic E-state index is 13.3. The third-order valence-corrected chi connectivity index (χ3v) is 5.64. The van der Waals surface area contributed by atoms with Crippen LogP contribution in [0.15, 0.2) is 59.4 Å². The van der Waals surface area contributed by atoms with Crippen molar-refractivity contribution in [1.82, 2.24) is 9.78 Å². The summed E-state index contributed by atoms with van der Waals surface area (Å²) in [5.74, 6) is -0.843. The van der Waals surface area contributed by atoms with Gasteiger partial charge in [-0.25, -0.2) is 0 Å². The zero-order valence-corrected chi connectivity index (χ0v) is 20.8. The first kappa shape index (κ1) is 27.6. The van der Waals surface area contributed by atoms with Crippen LogP contribution < -0.4 is 10.3 Å². The van der Waals surface area contributed by atoms with E-state index < -0.39 is 35.1 Å². The Hall–Kier alpha value is -3.97. The number of ketones is 1. The van der Waals surface area contributed by atoms with Gasteiger partial charge >= 0.3 is 6.18 Å². The Morgan fingerprint density at radius 2 is 1.70 bits per heavy atom. The van der Waals surface area contributed by atoms with E-state index in [1.807, 2.05) is 0 Å². The highest BCUT2D eigenvalue weighted by Gasteiger charge is 2.30. The lowest BCUT2D eigenvalue weighted by molar-refractivity contribution is -0.153. The van der Waals surface area contributed by atoms with Gasteiger partial charge < -0.3 is 9.84 Å². The molecule has 0 aliphatic heterocycles. The van der Waals surface area contributed by atoms with Gasteiger partial charge in [-0.3, -0.25) is 9.59 Å². The van der Waals surface area contributed by atoms with Gasteiger partial charge in [0.25, 0.3) is 5.56 Å². The summed E-state index contributed by atoms with van der Waals surface area (Å²) in [5, 5.41) is 24.0. The van der Waals surface area contributed by atoms with Crippen LogP contribution in [0.4, 0.5) is 13.2 Å². The molecule has 2 aromatic carbocycles. The molecule has 1 aromatic heterocycles. The molecule has 0 saturated heterocycles. The summed E-state index contributed by atoms with van der Waals surface area (Å²) >= 11 is 0. The first-order valence-corrected chi connectivity index (χ1v) is 11.3. The molecule has 0 aliphatic carbocycles. The summed E-state index contributed by atoms with van der Waals surface area (Å²) in [5.41, 5.74) is -2.25. The highest BCUT2D eigenvalue weighted by molar-refractivity contribution is 5.97. The van der Waals surface area contributed by atoms with Crippen molar-refractivity contribution in [3.8, 4) is 17.5 Å². The second-order valence-corrected chi connectivity index (χ2v) is 9.62. The normalized spacial score (nSPS) is 12.2. The molecule has 1 N–H and O–H groups in total. The van der Waals surface area contributed by atoms with E-state index in [0.29, 0.717) is 5.56 Å². The van der Waals surface area contributed by atoms with Crippen molar-refractivity contribution in [2.45, 2.75) is 51.3 Å². The number of aliphatic hydroxyl groups is 1. The largest absolute Gasteiger partial charge is 0.482 e. The van der Waals surface area contributed by atoms with Gasteiger partial charge in [-0.05, 0) is 57.0 Å². The maximum Gasteiger partial charge on any atom is 0.422 e. The number of benzene rings is 2. The van der Waals surface area contributed by atoms with E-state index in [-0.39, 0.29) is 29.1 Å². The van der Waals surface area contributed by atoms with Gasteiger partial charge in [0.1, 0.15) is 17.0 Å². The van der Waals surface area contributed by atoms with Crippen LogP contribution in [0, 0.1) is 11.3 Å². The van der Waals surface area contributed by atoms with Crippen molar-refractivity contribution in [3.63, 3.8) is 0 Å². The van der Waals surface area contributed by atoms with Crippen LogP contribution in [-0.2, 0) is 17.4 Å². The number of Topliss-reactive ketones (excluding diaryl/α,β-unsaturated/α-hetero) is 1. The Labute approximate surface area is 211 Å². The van der Waals surface area contributed by atoms with Crippen molar-refractivity contribution in [3.05, 3.63) is 87.3 Å². The smallest absolute Gasteiger partial charge is 0.422 e. The number of halogens is 3. The van der Waals surface area contributed by atoms with Crippen LogP contribution in [0.5, 0.6) is 5.75 Å². The fourth-order valence-corrected chi connectivity index (χ4v) is 3.45. The van der Waals surface area contributed by atoms with Crippen LogP contribution >= 0.6 is 0 Å². The van der Waals surface area contributed by atoms with E-state index >= 15 is 0 Å². The number of hydrogen-bond acceptors (Lipinski definition) is 6. The minimum atomic E-state index is -4.61. The molecular formula is C27H26F3N3O4. The lowest BCUT2D eigenvalue weighted by Gasteiger charge is -2.20.